The molecule has 0 aromatic carbocycles. The van der Waals surface area contributed by atoms with Gasteiger partial charge in [0.2, 0.25) is 0 Å². The number of aliphatic imine (C=N–C) groups is 1. The molecule has 0 aromatic rings. The molecule has 1 saturated carbocycles. The third-order valence-electron chi connectivity index (χ3n) is 3.78. The number of guanidine groups is 1. The maximum atomic E-state index is 5.85. The van der Waals surface area contributed by atoms with Crippen molar-refractivity contribution >= 4 is 5.96 Å². The molecule has 0 aromatic heterocycles. The van der Waals surface area contributed by atoms with E-state index in [1.165, 1.54) is 38.5 Å². The molecule has 98 valence electrons. The van der Waals surface area contributed by atoms with Crippen LogP contribution in [0.5, 0.6) is 0 Å². The molecule has 2 fully saturated rings. The first-order chi connectivity index (χ1) is 8.34. The van der Waals surface area contributed by atoms with Gasteiger partial charge < -0.3 is 15.8 Å². The van der Waals surface area contributed by atoms with Gasteiger partial charge in [0, 0.05) is 19.7 Å². The SMILES string of the molecule is NC(=NCC1CCCCC1)NCC1CCCO1. The molecule has 1 unspecified atom stereocenters. The Bertz CT molecular complexity index is 243. The van der Waals surface area contributed by atoms with E-state index >= 15 is 0 Å². The first-order valence-electron chi connectivity index (χ1n) is 7.00. The zero-order valence-corrected chi connectivity index (χ0v) is 10.7. The molecule has 0 spiro atoms. The van der Waals surface area contributed by atoms with Crippen molar-refractivity contribution in [3.05, 3.63) is 0 Å². The third kappa shape index (κ3) is 4.54. The minimum Gasteiger partial charge on any atom is -0.376 e. The summed E-state index contributed by atoms with van der Waals surface area (Å²) in [6.45, 7) is 2.59. The van der Waals surface area contributed by atoms with Gasteiger partial charge >= 0.3 is 0 Å². The first kappa shape index (κ1) is 12.7. The molecule has 3 N–H and O–H groups in total. The molecular weight excluding hydrogens is 214 g/mol. The molecule has 0 bridgehead atoms. The monoisotopic (exact) mass is 239 g/mol. The van der Waals surface area contributed by atoms with Crippen LogP contribution in [-0.2, 0) is 4.74 Å². The van der Waals surface area contributed by atoms with Crippen LogP contribution in [0.15, 0.2) is 4.99 Å². The Labute approximate surface area is 104 Å². The maximum absolute atomic E-state index is 5.85. The van der Waals surface area contributed by atoms with Gasteiger partial charge in [-0.1, -0.05) is 19.3 Å². The topological polar surface area (TPSA) is 59.6 Å². The van der Waals surface area contributed by atoms with Crippen molar-refractivity contribution in [2.75, 3.05) is 19.7 Å². The molecule has 0 radical (unpaired) electrons. The average Bonchev–Trinajstić information content (AvgIpc) is 2.88. The highest BCUT2D eigenvalue weighted by atomic mass is 16.5. The fraction of sp³-hybridized carbons (Fsp3) is 0.923. The van der Waals surface area contributed by atoms with Crippen LogP contribution in [0.25, 0.3) is 0 Å². The van der Waals surface area contributed by atoms with Gasteiger partial charge in [-0.25, -0.2) is 0 Å². The van der Waals surface area contributed by atoms with Gasteiger partial charge in [0.25, 0.3) is 0 Å². The van der Waals surface area contributed by atoms with E-state index < -0.39 is 0 Å². The summed E-state index contributed by atoms with van der Waals surface area (Å²) in [4.78, 5) is 4.44. The molecule has 1 atom stereocenters. The maximum Gasteiger partial charge on any atom is 0.188 e. The predicted octanol–water partition coefficient (Wildman–Crippen LogP) is 1.65. The number of rotatable bonds is 4. The summed E-state index contributed by atoms with van der Waals surface area (Å²) >= 11 is 0. The van der Waals surface area contributed by atoms with Gasteiger partial charge in [0.1, 0.15) is 0 Å². The zero-order chi connectivity index (χ0) is 11.9. The van der Waals surface area contributed by atoms with Crippen LogP contribution in [-0.4, -0.2) is 31.8 Å². The molecule has 1 aliphatic carbocycles. The summed E-state index contributed by atoms with van der Waals surface area (Å²) in [6, 6.07) is 0. The molecule has 17 heavy (non-hydrogen) atoms. The summed E-state index contributed by atoms with van der Waals surface area (Å²) < 4.78 is 5.52. The van der Waals surface area contributed by atoms with E-state index in [4.69, 9.17) is 10.5 Å². The highest BCUT2D eigenvalue weighted by Gasteiger charge is 2.15. The van der Waals surface area contributed by atoms with Crippen LogP contribution < -0.4 is 11.1 Å². The molecule has 1 aliphatic heterocycles. The number of hydrogen-bond acceptors (Lipinski definition) is 2. The van der Waals surface area contributed by atoms with Crippen molar-refractivity contribution in [3.8, 4) is 0 Å². The van der Waals surface area contributed by atoms with Crippen LogP contribution in [0, 0.1) is 5.92 Å². The van der Waals surface area contributed by atoms with E-state index in [2.05, 4.69) is 10.3 Å². The van der Waals surface area contributed by atoms with Gasteiger partial charge in [-0.2, -0.15) is 0 Å². The molecule has 2 rings (SSSR count). The van der Waals surface area contributed by atoms with Gasteiger partial charge in [-0.3, -0.25) is 4.99 Å². The fourth-order valence-electron chi connectivity index (χ4n) is 2.68. The molecular formula is C13H25N3O. The van der Waals surface area contributed by atoms with E-state index in [1.807, 2.05) is 0 Å². The standard InChI is InChI=1S/C13H25N3O/c14-13(16-10-12-7-4-8-17-12)15-9-11-5-2-1-3-6-11/h11-12H,1-10H2,(H3,14,15,16). The van der Waals surface area contributed by atoms with Gasteiger partial charge in [0.05, 0.1) is 6.10 Å². The lowest BCUT2D eigenvalue weighted by Crippen LogP contribution is -2.37. The zero-order valence-electron chi connectivity index (χ0n) is 10.7. The van der Waals surface area contributed by atoms with E-state index in [-0.39, 0.29) is 0 Å². The molecule has 4 heteroatoms. The number of nitrogens with zero attached hydrogens (tertiary/aromatic N) is 1. The number of ether oxygens (including phenoxy) is 1. The fourth-order valence-corrected chi connectivity index (χ4v) is 2.68. The summed E-state index contributed by atoms with van der Waals surface area (Å²) in [7, 11) is 0. The second-order valence-corrected chi connectivity index (χ2v) is 5.25. The number of nitrogens with one attached hydrogen (secondary N) is 1. The number of nitrogens with two attached hydrogens (primary N) is 1. The quantitative estimate of drug-likeness (QED) is 0.579. The first-order valence-corrected chi connectivity index (χ1v) is 7.00. The van der Waals surface area contributed by atoms with E-state index in [0.29, 0.717) is 12.1 Å². The van der Waals surface area contributed by atoms with E-state index in [1.54, 1.807) is 0 Å². The minimum absolute atomic E-state index is 0.332. The van der Waals surface area contributed by atoms with Crippen molar-refractivity contribution < 1.29 is 4.74 Å². The summed E-state index contributed by atoms with van der Waals surface area (Å²) in [5.41, 5.74) is 5.85. The molecule has 0 amide bonds. The second kappa shape index (κ2) is 6.84. The Kier molecular flexibility index (Phi) is 5.10. The normalized spacial score (nSPS) is 27.3. The van der Waals surface area contributed by atoms with Crippen LogP contribution in [0.2, 0.25) is 0 Å². The third-order valence-corrected chi connectivity index (χ3v) is 3.78. The molecule has 1 saturated heterocycles. The largest absolute Gasteiger partial charge is 0.376 e. The van der Waals surface area contributed by atoms with Crippen molar-refractivity contribution in [1.82, 2.24) is 5.32 Å². The van der Waals surface area contributed by atoms with Gasteiger partial charge in [-0.15, -0.1) is 0 Å². The smallest absolute Gasteiger partial charge is 0.188 e. The Morgan fingerprint density at radius 1 is 1.18 bits per heavy atom. The van der Waals surface area contributed by atoms with Gasteiger partial charge in [-0.05, 0) is 31.6 Å². The Balaban J connectivity index is 1.61. The van der Waals surface area contributed by atoms with Crippen LogP contribution in [0.4, 0.5) is 0 Å². The summed E-state index contributed by atoms with van der Waals surface area (Å²) in [5, 5.41) is 3.17. The predicted molar refractivity (Wildman–Crippen MR) is 70.0 cm³/mol. The average molecular weight is 239 g/mol. The highest BCUT2D eigenvalue weighted by Crippen LogP contribution is 2.23. The lowest BCUT2D eigenvalue weighted by molar-refractivity contribution is 0.114. The Morgan fingerprint density at radius 3 is 2.71 bits per heavy atom. The Morgan fingerprint density at radius 2 is 2.00 bits per heavy atom. The minimum atomic E-state index is 0.332. The number of hydrogen-bond donors (Lipinski definition) is 2. The molecule has 2 aliphatic rings. The summed E-state index contributed by atoms with van der Waals surface area (Å²) in [5.74, 6) is 1.35. The van der Waals surface area contributed by atoms with Crippen molar-refractivity contribution in [1.29, 1.82) is 0 Å². The molecule has 1 heterocycles. The Hall–Kier alpha value is -0.770. The second-order valence-electron chi connectivity index (χ2n) is 5.25. The lowest BCUT2D eigenvalue weighted by Gasteiger charge is -2.19. The van der Waals surface area contributed by atoms with E-state index in [9.17, 15) is 0 Å². The highest BCUT2D eigenvalue weighted by molar-refractivity contribution is 5.77. The van der Waals surface area contributed by atoms with E-state index in [0.717, 1.165) is 32.0 Å². The van der Waals surface area contributed by atoms with Crippen LogP contribution in [0.1, 0.15) is 44.9 Å². The summed E-state index contributed by atoms with van der Waals surface area (Å²) in [6.07, 6.45) is 9.41. The van der Waals surface area contributed by atoms with Crippen LogP contribution >= 0.6 is 0 Å². The van der Waals surface area contributed by atoms with Crippen molar-refractivity contribution in [2.24, 2.45) is 16.6 Å². The van der Waals surface area contributed by atoms with Crippen LogP contribution in [0.3, 0.4) is 0 Å². The van der Waals surface area contributed by atoms with Crippen molar-refractivity contribution in [3.63, 3.8) is 0 Å². The van der Waals surface area contributed by atoms with Crippen molar-refractivity contribution in [2.45, 2.75) is 51.0 Å². The molecule has 4 nitrogen and oxygen atoms in total. The van der Waals surface area contributed by atoms with Gasteiger partial charge in [0.15, 0.2) is 5.96 Å². The lowest BCUT2D eigenvalue weighted by atomic mass is 9.89.